The van der Waals surface area contributed by atoms with E-state index in [1.165, 1.54) is 0 Å². The molecular weight excluding hydrogens is 146 g/mol. The Kier molecular flexibility index (Phi) is 4.25. The van der Waals surface area contributed by atoms with E-state index in [9.17, 15) is 4.79 Å². The van der Waals surface area contributed by atoms with Crippen LogP contribution in [0.15, 0.2) is 0 Å². The number of nitrogens with one attached hydrogen (secondary N) is 1. The SMILES string of the molecule is CC(C)(C)OO.O=C1CNC1. The van der Waals surface area contributed by atoms with Crippen LogP contribution in [-0.2, 0) is 9.68 Å². The third kappa shape index (κ3) is 7.45. The Balaban J connectivity index is 0.000000183. The largest absolute Gasteiger partial charge is 0.303 e. The zero-order chi connectivity index (χ0) is 8.91. The average molecular weight is 161 g/mol. The van der Waals surface area contributed by atoms with Gasteiger partial charge in [0.25, 0.3) is 0 Å². The highest BCUT2D eigenvalue weighted by molar-refractivity contribution is 5.87. The molecule has 0 saturated carbocycles. The van der Waals surface area contributed by atoms with Crippen LogP contribution in [0.5, 0.6) is 0 Å². The van der Waals surface area contributed by atoms with Crippen molar-refractivity contribution in [2.24, 2.45) is 0 Å². The van der Waals surface area contributed by atoms with Gasteiger partial charge in [0.2, 0.25) is 0 Å². The predicted molar refractivity (Wildman–Crippen MR) is 41.3 cm³/mol. The zero-order valence-electron chi connectivity index (χ0n) is 7.18. The Labute approximate surface area is 66.5 Å². The summed E-state index contributed by atoms with van der Waals surface area (Å²) in [4.78, 5) is 13.8. The molecule has 0 aliphatic carbocycles. The van der Waals surface area contributed by atoms with Crippen LogP contribution < -0.4 is 5.32 Å². The molecule has 1 saturated heterocycles. The average Bonchev–Trinajstić information content (AvgIpc) is 1.84. The lowest BCUT2D eigenvalue weighted by molar-refractivity contribution is -0.306. The highest BCUT2D eigenvalue weighted by Crippen LogP contribution is 2.01. The van der Waals surface area contributed by atoms with Gasteiger partial charge in [-0.05, 0) is 20.8 Å². The van der Waals surface area contributed by atoms with Crippen molar-refractivity contribution >= 4 is 5.78 Å². The van der Waals surface area contributed by atoms with E-state index in [4.69, 9.17) is 5.26 Å². The van der Waals surface area contributed by atoms with Crippen LogP contribution in [0.3, 0.4) is 0 Å². The molecule has 0 atom stereocenters. The first-order valence-electron chi connectivity index (χ1n) is 3.51. The molecule has 1 aliphatic heterocycles. The quantitative estimate of drug-likeness (QED) is 0.399. The van der Waals surface area contributed by atoms with Gasteiger partial charge in [-0.2, -0.15) is 0 Å². The van der Waals surface area contributed by atoms with Gasteiger partial charge in [0.15, 0.2) is 5.78 Å². The van der Waals surface area contributed by atoms with E-state index in [1.807, 2.05) is 0 Å². The Morgan fingerprint density at radius 3 is 1.73 bits per heavy atom. The van der Waals surface area contributed by atoms with E-state index < -0.39 is 5.60 Å². The molecule has 1 rings (SSSR count). The fourth-order valence-electron chi connectivity index (χ4n) is 0.227. The van der Waals surface area contributed by atoms with Crippen molar-refractivity contribution < 1.29 is 14.9 Å². The van der Waals surface area contributed by atoms with Crippen LogP contribution in [-0.4, -0.2) is 29.7 Å². The van der Waals surface area contributed by atoms with E-state index in [0.29, 0.717) is 18.9 Å². The van der Waals surface area contributed by atoms with Crippen molar-refractivity contribution in [3.05, 3.63) is 0 Å². The van der Waals surface area contributed by atoms with Crippen molar-refractivity contribution in [2.75, 3.05) is 13.1 Å². The molecule has 0 bridgehead atoms. The lowest BCUT2D eigenvalue weighted by Gasteiger charge is -2.10. The number of carbonyl (C=O) groups excluding carboxylic acids is 1. The first kappa shape index (κ1) is 10.6. The van der Waals surface area contributed by atoms with Crippen molar-refractivity contribution in [3.63, 3.8) is 0 Å². The van der Waals surface area contributed by atoms with Crippen molar-refractivity contribution in [1.82, 2.24) is 5.32 Å². The second kappa shape index (κ2) is 4.43. The molecule has 0 aromatic rings. The smallest absolute Gasteiger partial charge is 0.160 e. The summed E-state index contributed by atoms with van der Waals surface area (Å²) in [5, 5.41) is 10.7. The van der Waals surface area contributed by atoms with E-state index in [2.05, 4.69) is 10.2 Å². The normalized spacial score (nSPS) is 16.5. The summed E-state index contributed by atoms with van der Waals surface area (Å²) >= 11 is 0. The highest BCUT2D eigenvalue weighted by atomic mass is 17.1. The van der Waals surface area contributed by atoms with Crippen LogP contribution >= 0.6 is 0 Å². The summed E-state index contributed by atoms with van der Waals surface area (Å²) in [6, 6.07) is 0. The van der Waals surface area contributed by atoms with Gasteiger partial charge in [0, 0.05) is 0 Å². The molecule has 0 aromatic carbocycles. The number of rotatable bonds is 0. The summed E-state index contributed by atoms with van der Waals surface area (Å²) in [6.45, 7) is 6.51. The third-order valence-electron chi connectivity index (χ3n) is 0.918. The number of carbonyl (C=O) groups is 1. The summed E-state index contributed by atoms with van der Waals surface area (Å²) in [6.07, 6.45) is 0. The number of Topliss-reactive ketones (excluding diaryl/α,β-unsaturated/α-hetero) is 1. The topological polar surface area (TPSA) is 58.6 Å². The van der Waals surface area contributed by atoms with Crippen molar-refractivity contribution in [2.45, 2.75) is 26.4 Å². The van der Waals surface area contributed by atoms with E-state index in [1.54, 1.807) is 20.8 Å². The number of ketones is 1. The summed E-state index contributed by atoms with van der Waals surface area (Å²) in [5.74, 6) is 0.324. The molecule has 2 N–H and O–H groups in total. The molecular formula is C7H15NO3. The molecule has 1 fully saturated rings. The third-order valence-corrected chi connectivity index (χ3v) is 0.918. The second-order valence-electron chi connectivity index (χ2n) is 3.35. The first-order chi connectivity index (χ1) is 4.95. The van der Waals surface area contributed by atoms with Crippen LogP contribution in [0.4, 0.5) is 0 Å². The Morgan fingerprint density at radius 2 is 1.73 bits per heavy atom. The molecule has 0 spiro atoms. The zero-order valence-corrected chi connectivity index (χ0v) is 7.18. The van der Waals surface area contributed by atoms with E-state index in [0.717, 1.165) is 0 Å². The summed E-state index contributed by atoms with van der Waals surface area (Å²) in [7, 11) is 0. The van der Waals surface area contributed by atoms with Gasteiger partial charge in [-0.25, -0.2) is 4.89 Å². The predicted octanol–water partition coefficient (Wildman–Crippen LogP) is 0.433. The Bertz CT molecular complexity index is 122. The molecule has 4 heteroatoms. The standard InChI is InChI=1S/C4H10O2.C3H5NO/c1-4(2,3)6-5;5-3-1-4-2-3/h5H,1-3H3;4H,1-2H2. The second-order valence-corrected chi connectivity index (χ2v) is 3.35. The van der Waals surface area contributed by atoms with Crippen LogP contribution in [0.2, 0.25) is 0 Å². The molecule has 11 heavy (non-hydrogen) atoms. The van der Waals surface area contributed by atoms with Gasteiger partial charge in [-0.15, -0.1) is 0 Å². The molecule has 0 aromatic heterocycles. The Hall–Kier alpha value is -0.450. The molecule has 1 aliphatic rings. The fraction of sp³-hybridized carbons (Fsp3) is 0.857. The fourth-order valence-corrected chi connectivity index (χ4v) is 0.227. The van der Waals surface area contributed by atoms with E-state index in [-0.39, 0.29) is 0 Å². The lowest BCUT2D eigenvalue weighted by atomic mass is 10.2. The van der Waals surface area contributed by atoms with Gasteiger partial charge < -0.3 is 5.32 Å². The van der Waals surface area contributed by atoms with Crippen molar-refractivity contribution in [3.8, 4) is 0 Å². The van der Waals surface area contributed by atoms with Gasteiger partial charge >= 0.3 is 0 Å². The van der Waals surface area contributed by atoms with Crippen LogP contribution in [0.1, 0.15) is 20.8 Å². The summed E-state index contributed by atoms with van der Waals surface area (Å²) < 4.78 is 0. The maximum absolute atomic E-state index is 9.84. The maximum atomic E-state index is 9.84. The lowest BCUT2D eigenvalue weighted by Crippen LogP contribution is -2.42. The maximum Gasteiger partial charge on any atom is 0.160 e. The first-order valence-corrected chi connectivity index (χ1v) is 3.51. The van der Waals surface area contributed by atoms with Crippen molar-refractivity contribution in [1.29, 1.82) is 0 Å². The van der Waals surface area contributed by atoms with Crippen LogP contribution in [0.25, 0.3) is 0 Å². The minimum atomic E-state index is -0.403. The molecule has 1 heterocycles. The van der Waals surface area contributed by atoms with Gasteiger partial charge in [-0.1, -0.05) is 0 Å². The summed E-state index contributed by atoms with van der Waals surface area (Å²) in [5.41, 5.74) is -0.403. The minimum absolute atomic E-state index is 0.324. The molecule has 0 unspecified atom stereocenters. The van der Waals surface area contributed by atoms with Gasteiger partial charge in [0.1, 0.15) is 0 Å². The number of hydrogen-bond donors (Lipinski definition) is 2. The number of hydrogen-bond acceptors (Lipinski definition) is 4. The van der Waals surface area contributed by atoms with Gasteiger partial charge in [0.05, 0.1) is 18.7 Å². The molecule has 4 nitrogen and oxygen atoms in total. The molecule has 0 amide bonds. The van der Waals surface area contributed by atoms with Crippen LogP contribution in [0, 0.1) is 0 Å². The Morgan fingerprint density at radius 1 is 1.45 bits per heavy atom. The minimum Gasteiger partial charge on any atom is -0.303 e. The highest BCUT2D eigenvalue weighted by Gasteiger charge is 2.08. The molecule has 0 radical (unpaired) electrons. The molecule has 66 valence electrons. The van der Waals surface area contributed by atoms with E-state index >= 15 is 0 Å². The monoisotopic (exact) mass is 161 g/mol. The van der Waals surface area contributed by atoms with Gasteiger partial charge in [-0.3, -0.25) is 10.1 Å².